The van der Waals surface area contributed by atoms with Crippen LogP contribution in [-0.2, 0) is 17.2 Å². The van der Waals surface area contributed by atoms with E-state index >= 15 is 0 Å². The smallest absolute Gasteiger partial charge is 0.0869 e. The van der Waals surface area contributed by atoms with Crippen molar-refractivity contribution in [3.8, 4) is 0 Å². The van der Waals surface area contributed by atoms with Crippen LogP contribution in [-0.4, -0.2) is 0 Å². The second-order valence-corrected chi connectivity index (χ2v) is 4.70. The molecule has 2 aromatic rings. The van der Waals surface area contributed by atoms with Crippen LogP contribution in [0.2, 0.25) is 0 Å². The van der Waals surface area contributed by atoms with E-state index < -0.39 is 0 Å². The molecule has 0 aliphatic rings. The molecule has 0 fully saturated rings. The highest BCUT2D eigenvalue weighted by Crippen LogP contribution is 2.20. The van der Waals surface area contributed by atoms with Crippen molar-refractivity contribution in [2.75, 3.05) is 0 Å². The Morgan fingerprint density at radius 3 is 2.18 bits per heavy atom. The van der Waals surface area contributed by atoms with Gasteiger partial charge in [-0.05, 0) is 29.7 Å². The zero-order valence-electron chi connectivity index (χ0n) is 9.93. The Bertz CT molecular complexity index is 436. The second kappa shape index (κ2) is 6.48. The Balaban J connectivity index is 1.82. The molecule has 0 heterocycles. The van der Waals surface area contributed by atoms with Crippen LogP contribution in [0.5, 0.6) is 0 Å². The molecule has 88 valence electrons. The minimum atomic E-state index is 0.642. The Morgan fingerprint density at radius 1 is 0.882 bits per heavy atom. The molecule has 0 radical (unpaired) electrons. The van der Waals surface area contributed by atoms with Gasteiger partial charge >= 0.3 is 0 Å². The molecule has 1 nitrogen and oxygen atoms in total. The van der Waals surface area contributed by atoms with Crippen molar-refractivity contribution in [3.05, 3.63) is 65.7 Å². The van der Waals surface area contributed by atoms with Crippen LogP contribution in [0.25, 0.3) is 0 Å². The summed E-state index contributed by atoms with van der Waals surface area (Å²) in [5.41, 5.74) is 2.58. The van der Waals surface area contributed by atoms with Gasteiger partial charge in [0.2, 0.25) is 0 Å². The van der Waals surface area contributed by atoms with Gasteiger partial charge in [-0.1, -0.05) is 49.4 Å². The third kappa shape index (κ3) is 3.91. The molecular formula is C15H16OS. The minimum absolute atomic E-state index is 0.642. The van der Waals surface area contributed by atoms with E-state index in [-0.39, 0.29) is 0 Å². The molecule has 0 aliphatic heterocycles. The van der Waals surface area contributed by atoms with Gasteiger partial charge in [-0.3, -0.25) is 0 Å². The van der Waals surface area contributed by atoms with Crippen LogP contribution in [0.1, 0.15) is 18.1 Å². The first kappa shape index (κ1) is 12.2. The lowest BCUT2D eigenvalue weighted by molar-refractivity contribution is 0.364. The molecule has 17 heavy (non-hydrogen) atoms. The van der Waals surface area contributed by atoms with E-state index in [1.165, 1.54) is 23.2 Å². The van der Waals surface area contributed by atoms with Gasteiger partial charge in [0.25, 0.3) is 0 Å². The third-order valence-corrected chi connectivity index (χ3v) is 3.26. The van der Waals surface area contributed by atoms with Crippen molar-refractivity contribution in [3.63, 3.8) is 0 Å². The van der Waals surface area contributed by atoms with Gasteiger partial charge in [-0.2, -0.15) is 0 Å². The normalized spacial score (nSPS) is 10.4. The highest BCUT2D eigenvalue weighted by molar-refractivity contribution is 7.94. The van der Waals surface area contributed by atoms with Gasteiger partial charge in [-0.15, -0.1) is 0 Å². The van der Waals surface area contributed by atoms with Gasteiger partial charge in [0.15, 0.2) is 0 Å². The van der Waals surface area contributed by atoms with Crippen molar-refractivity contribution in [2.24, 2.45) is 0 Å². The highest BCUT2D eigenvalue weighted by Gasteiger charge is 1.96. The Labute approximate surface area is 107 Å². The van der Waals surface area contributed by atoms with E-state index in [0.29, 0.717) is 6.61 Å². The average molecular weight is 244 g/mol. The van der Waals surface area contributed by atoms with Crippen LogP contribution in [0, 0.1) is 0 Å². The van der Waals surface area contributed by atoms with Crippen molar-refractivity contribution in [1.29, 1.82) is 0 Å². The molecule has 0 spiro atoms. The van der Waals surface area contributed by atoms with Gasteiger partial charge in [0, 0.05) is 16.9 Å². The molecule has 0 unspecified atom stereocenters. The van der Waals surface area contributed by atoms with Crippen LogP contribution >= 0.6 is 12.0 Å². The molecule has 0 amide bonds. The summed E-state index contributed by atoms with van der Waals surface area (Å²) in [6.07, 6.45) is 1.08. The Kier molecular flexibility index (Phi) is 4.65. The molecular weight excluding hydrogens is 228 g/mol. The number of aryl methyl sites for hydroxylation is 1. The summed E-state index contributed by atoms with van der Waals surface area (Å²) in [6, 6.07) is 18.7. The van der Waals surface area contributed by atoms with Crippen LogP contribution in [0.3, 0.4) is 0 Å². The first-order chi connectivity index (χ1) is 8.38. The Hall–Kier alpha value is -1.25. The number of rotatable bonds is 5. The molecule has 0 N–H and O–H groups in total. The quantitative estimate of drug-likeness (QED) is 0.717. The maximum atomic E-state index is 5.60. The average Bonchev–Trinajstić information content (AvgIpc) is 2.41. The standard InChI is InChI=1S/C15H16OS/c1-2-13-8-10-14(11-9-13)12-16-17-15-6-4-3-5-7-15/h3-11H,2,12H2,1H3. The van der Waals surface area contributed by atoms with E-state index in [2.05, 4.69) is 31.2 Å². The fraction of sp³-hybridized carbons (Fsp3) is 0.200. The maximum Gasteiger partial charge on any atom is 0.0869 e. The predicted molar refractivity (Wildman–Crippen MR) is 72.9 cm³/mol. The van der Waals surface area contributed by atoms with E-state index in [9.17, 15) is 0 Å². The molecule has 0 bridgehead atoms. The molecule has 0 aromatic heterocycles. The first-order valence-electron chi connectivity index (χ1n) is 5.81. The SMILES string of the molecule is CCc1ccc(COSc2ccccc2)cc1. The number of hydrogen-bond donors (Lipinski definition) is 0. The lowest BCUT2D eigenvalue weighted by atomic mass is 10.1. The predicted octanol–water partition coefficient (Wildman–Crippen LogP) is 4.47. The van der Waals surface area contributed by atoms with Gasteiger partial charge in [0.05, 0.1) is 6.61 Å². The van der Waals surface area contributed by atoms with Gasteiger partial charge in [0.1, 0.15) is 0 Å². The Morgan fingerprint density at radius 2 is 1.53 bits per heavy atom. The molecule has 2 rings (SSSR count). The van der Waals surface area contributed by atoms with Gasteiger partial charge in [-0.25, -0.2) is 0 Å². The topological polar surface area (TPSA) is 9.23 Å². The molecule has 0 saturated carbocycles. The summed E-state index contributed by atoms with van der Waals surface area (Å²) >= 11 is 1.43. The van der Waals surface area contributed by atoms with Crippen LogP contribution in [0.4, 0.5) is 0 Å². The molecule has 2 heteroatoms. The summed E-state index contributed by atoms with van der Waals surface area (Å²) in [5.74, 6) is 0. The number of hydrogen-bond acceptors (Lipinski definition) is 2. The van der Waals surface area contributed by atoms with Crippen LogP contribution in [0.15, 0.2) is 59.5 Å². The highest BCUT2D eigenvalue weighted by atomic mass is 32.2. The van der Waals surface area contributed by atoms with Crippen molar-refractivity contribution in [2.45, 2.75) is 24.8 Å². The molecule has 0 saturated heterocycles. The van der Waals surface area contributed by atoms with E-state index in [4.69, 9.17) is 4.18 Å². The summed E-state index contributed by atoms with van der Waals surface area (Å²) in [7, 11) is 0. The van der Waals surface area contributed by atoms with Crippen molar-refractivity contribution in [1.82, 2.24) is 0 Å². The largest absolute Gasteiger partial charge is 0.305 e. The maximum absolute atomic E-state index is 5.60. The fourth-order valence-corrected chi connectivity index (χ4v) is 2.11. The van der Waals surface area contributed by atoms with Crippen LogP contribution < -0.4 is 0 Å². The summed E-state index contributed by atoms with van der Waals surface area (Å²) in [5, 5.41) is 0. The molecule has 0 atom stereocenters. The van der Waals surface area contributed by atoms with E-state index in [0.717, 1.165) is 11.3 Å². The number of benzene rings is 2. The lowest BCUT2D eigenvalue weighted by Gasteiger charge is -2.04. The zero-order valence-corrected chi connectivity index (χ0v) is 10.7. The summed E-state index contributed by atoms with van der Waals surface area (Å²) < 4.78 is 5.60. The molecule has 2 aromatic carbocycles. The van der Waals surface area contributed by atoms with Gasteiger partial charge < -0.3 is 4.18 Å². The second-order valence-electron chi connectivity index (χ2n) is 3.83. The van der Waals surface area contributed by atoms with E-state index in [1.807, 2.05) is 30.3 Å². The zero-order chi connectivity index (χ0) is 11.9. The first-order valence-corrected chi connectivity index (χ1v) is 6.55. The monoisotopic (exact) mass is 244 g/mol. The third-order valence-electron chi connectivity index (χ3n) is 2.56. The minimum Gasteiger partial charge on any atom is -0.305 e. The fourth-order valence-electron chi connectivity index (χ4n) is 1.51. The summed E-state index contributed by atoms with van der Waals surface area (Å²) in [6.45, 7) is 2.81. The molecule has 0 aliphatic carbocycles. The van der Waals surface area contributed by atoms with Crippen molar-refractivity contribution < 1.29 is 4.18 Å². The summed E-state index contributed by atoms with van der Waals surface area (Å²) in [4.78, 5) is 1.14. The van der Waals surface area contributed by atoms with E-state index in [1.54, 1.807) is 0 Å². The van der Waals surface area contributed by atoms with Crippen molar-refractivity contribution >= 4 is 12.0 Å². The lowest BCUT2D eigenvalue weighted by Crippen LogP contribution is -1.87.